The number of nitrogens with one attached hydrogen (secondary N) is 1. The van der Waals surface area contributed by atoms with Gasteiger partial charge in [-0.05, 0) is 27.7 Å². The van der Waals surface area contributed by atoms with Crippen LogP contribution in [0, 0.1) is 0 Å². The van der Waals surface area contributed by atoms with Crippen molar-refractivity contribution in [2.75, 3.05) is 13.2 Å². The van der Waals surface area contributed by atoms with Crippen LogP contribution in [0.25, 0.3) is 0 Å². The number of amides is 1. The first kappa shape index (κ1) is 14.7. The summed E-state index contributed by atoms with van der Waals surface area (Å²) in [6.07, 6.45) is -0.648. The molecular weight excluding hydrogens is 212 g/mol. The Hall–Kier alpha value is -1.30. The Morgan fingerprint density at radius 3 is 2.38 bits per heavy atom. The Morgan fingerprint density at radius 2 is 1.94 bits per heavy atom. The van der Waals surface area contributed by atoms with Crippen LogP contribution in [0.15, 0.2) is 0 Å². The molecule has 0 aromatic rings. The topological polar surface area (TPSA) is 90.6 Å². The molecule has 0 aliphatic rings. The molecule has 0 saturated heterocycles. The normalized spacial score (nSPS) is 12.8. The van der Waals surface area contributed by atoms with E-state index in [1.54, 1.807) is 20.8 Å². The summed E-state index contributed by atoms with van der Waals surface area (Å²) in [7, 11) is 0. The number of esters is 1. The standard InChI is InChI=1S/C10H20N2O4/c1-7(8(13)15-6-5-11)12-9(14)16-10(2,3)4/h7H,5-6,11H2,1-4H3,(H,12,14). The quantitative estimate of drug-likeness (QED) is 0.685. The van der Waals surface area contributed by atoms with Gasteiger partial charge in [-0.15, -0.1) is 0 Å². The lowest BCUT2D eigenvalue weighted by molar-refractivity contribution is -0.145. The molecule has 0 fully saturated rings. The van der Waals surface area contributed by atoms with Gasteiger partial charge in [0.2, 0.25) is 0 Å². The third-order valence-electron chi connectivity index (χ3n) is 1.45. The number of alkyl carbamates (subject to hydrolysis) is 1. The van der Waals surface area contributed by atoms with Gasteiger partial charge in [0.05, 0.1) is 0 Å². The van der Waals surface area contributed by atoms with E-state index >= 15 is 0 Å². The first-order chi connectivity index (χ1) is 7.26. The van der Waals surface area contributed by atoms with Crippen molar-refractivity contribution in [2.45, 2.75) is 39.3 Å². The van der Waals surface area contributed by atoms with Gasteiger partial charge < -0.3 is 20.5 Å². The molecule has 6 nitrogen and oxygen atoms in total. The summed E-state index contributed by atoms with van der Waals surface area (Å²) in [5, 5.41) is 2.37. The second kappa shape index (κ2) is 6.32. The second-order valence-corrected chi connectivity index (χ2v) is 4.32. The zero-order valence-corrected chi connectivity index (χ0v) is 10.2. The van der Waals surface area contributed by atoms with E-state index in [4.69, 9.17) is 15.2 Å². The highest BCUT2D eigenvalue weighted by molar-refractivity contribution is 5.80. The van der Waals surface area contributed by atoms with Crippen LogP contribution < -0.4 is 11.1 Å². The van der Waals surface area contributed by atoms with E-state index in [0.717, 1.165) is 0 Å². The Labute approximate surface area is 95.5 Å². The predicted molar refractivity (Wildman–Crippen MR) is 58.8 cm³/mol. The Morgan fingerprint density at radius 1 is 1.38 bits per heavy atom. The van der Waals surface area contributed by atoms with Crippen molar-refractivity contribution in [3.63, 3.8) is 0 Å². The maximum absolute atomic E-state index is 11.3. The maximum atomic E-state index is 11.3. The fraction of sp³-hybridized carbons (Fsp3) is 0.800. The van der Waals surface area contributed by atoms with Gasteiger partial charge in [-0.3, -0.25) is 0 Å². The van der Waals surface area contributed by atoms with E-state index in [2.05, 4.69) is 5.32 Å². The van der Waals surface area contributed by atoms with Crippen LogP contribution in [0.4, 0.5) is 4.79 Å². The molecule has 0 rings (SSSR count). The minimum absolute atomic E-state index is 0.138. The smallest absolute Gasteiger partial charge is 0.408 e. The molecule has 94 valence electrons. The van der Waals surface area contributed by atoms with Gasteiger partial charge in [0.25, 0.3) is 0 Å². The summed E-state index contributed by atoms with van der Waals surface area (Å²) < 4.78 is 9.73. The van der Waals surface area contributed by atoms with E-state index in [0.29, 0.717) is 0 Å². The Kier molecular flexibility index (Phi) is 5.81. The van der Waals surface area contributed by atoms with Crippen LogP contribution in [-0.2, 0) is 14.3 Å². The third-order valence-corrected chi connectivity index (χ3v) is 1.45. The predicted octanol–water partition coefficient (Wildman–Crippen LogP) is 0.402. The average Bonchev–Trinajstić information content (AvgIpc) is 2.10. The zero-order chi connectivity index (χ0) is 12.8. The number of nitrogens with two attached hydrogens (primary N) is 1. The number of hydrogen-bond acceptors (Lipinski definition) is 5. The van der Waals surface area contributed by atoms with Crippen molar-refractivity contribution in [2.24, 2.45) is 5.73 Å². The van der Waals surface area contributed by atoms with Gasteiger partial charge >= 0.3 is 12.1 Å². The maximum Gasteiger partial charge on any atom is 0.408 e. The molecular formula is C10H20N2O4. The molecule has 0 heterocycles. The number of carbonyl (C=O) groups is 2. The number of rotatable bonds is 4. The highest BCUT2D eigenvalue weighted by Crippen LogP contribution is 2.06. The van der Waals surface area contributed by atoms with Gasteiger partial charge in [-0.2, -0.15) is 0 Å². The number of ether oxygens (including phenoxy) is 2. The van der Waals surface area contributed by atoms with Crippen LogP contribution in [0.3, 0.4) is 0 Å². The molecule has 1 unspecified atom stereocenters. The van der Waals surface area contributed by atoms with Crippen LogP contribution in [0.2, 0.25) is 0 Å². The summed E-state index contributed by atoms with van der Waals surface area (Å²) >= 11 is 0. The number of carbonyl (C=O) groups excluding carboxylic acids is 2. The first-order valence-corrected chi connectivity index (χ1v) is 5.12. The highest BCUT2D eigenvalue weighted by atomic mass is 16.6. The van der Waals surface area contributed by atoms with Gasteiger partial charge in [0, 0.05) is 6.54 Å². The summed E-state index contributed by atoms with van der Waals surface area (Å²) in [5.74, 6) is -0.531. The fourth-order valence-electron chi connectivity index (χ4n) is 0.828. The molecule has 1 amide bonds. The molecule has 0 aliphatic carbocycles. The van der Waals surface area contributed by atoms with Gasteiger partial charge in [0.15, 0.2) is 0 Å². The van der Waals surface area contributed by atoms with E-state index in [9.17, 15) is 9.59 Å². The molecule has 0 radical (unpaired) electrons. The molecule has 6 heteroatoms. The van der Waals surface area contributed by atoms with Crippen LogP contribution >= 0.6 is 0 Å². The van der Waals surface area contributed by atoms with Crippen molar-refractivity contribution >= 4 is 12.1 Å². The molecule has 0 aliphatic heterocycles. The van der Waals surface area contributed by atoms with Crippen LogP contribution in [-0.4, -0.2) is 36.9 Å². The van der Waals surface area contributed by atoms with Gasteiger partial charge in [-0.1, -0.05) is 0 Å². The zero-order valence-electron chi connectivity index (χ0n) is 10.2. The van der Waals surface area contributed by atoms with E-state index < -0.39 is 23.7 Å². The molecule has 0 bridgehead atoms. The SMILES string of the molecule is CC(NC(=O)OC(C)(C)C)C(=O)OCCN. The summed E-state index contributed by atoms with van der Waals surface area (Å²) in [6, 6.07) is -0.749. The molecule has 0 spiro atoms. The van der Waals surface area contributed by atoms with Crippen LogP contribution in [0.1, 0.15) is 27.7 Å². The summed E-state index contributed by atoms with van der Waals surface area (Å²) in [6.45, 7) is 7.13. The average molecular weight is 232 g/mol. The lowest BCUT2D eigenvalue weighted by Gasteiger charge is -2.21. The fourth-order valence-corrected chi connectivity index (χ4v) is 0.828. The van der Waals surface area contributed by atoms with Crippen molar-refractivity contribution < 1.29 is 19.1 Å². The molecule has 3 N–H and O–H groups in total. The van der Waals surface area contributed by atoms with E-state index in [-0.39, 0.29) is 13.2 Å². The van der Waals surface area contributed by atoms with Gasteiger partial charge in [0.1, 0.15) is 18.2 Å². The number of hydrogen-bond donors (Lipinski definition) is 2. The molecule has 0 aromatic carbocycles. The van der Waals surface area contributed by atoms with Crippen molar-refractivity contribution in [1.82, 2.24) is 5.32 Å². The molecule has 0 aromatic heterocycles. The largest absolute Gasteiger partial charge is 0.463 e. The monoisotopic (exact) mass is 232 g/mol. The minimum Gasteiger partial charge on any atom is -0.463 e. The first-order valence-electron chi connectivity index (χ1n) is 5.12. The second-order valence-electron chi connectivity index (χ2n) is 4.32. The van der Waals surface area contributed by atoms with Gasteiger partial charge in [-0.25, -0.2) is 9.59 Å². The lowest BCUT2D eigenvalue weighted by Crippen LogP contribution is -2.42. The summed E-state index contributed by atoms with van der Waals surface area (Å²) in [5.41, 5.74) is 4.58. The summed E-state index contributed by atoms with van der Waals surface area (Å²) in [4.78, 5) is 22.5. The molecule has 0 saturated carbocycles. The molecule has 1 atom stereocenters. The third kappa shape index (κ3) is 7.05. The van der Waals surface area contributed by atoms with Crippen molar-refractivity contribution in [1.29, 1.82) is 0 Å². The lowest BCUT2D eigenvalue weighted by atomic mass is 10.2. The Bertz CT molecular complexity index is 248. The molecule has 16 heavy (non-hydrogen) atoms. The minimum atomic E-state index is -0.749. The van der Waals surface area contributed by atoms with E-state index in [1.807, 2.05) is 0 Å². The van der Waals surface area contributed by atoms with Crippen LogP contribution in [0.5, 0.6) is 0 Å². The van der Waals surface area contributed by atoms with E-state index in [1.165, 1.54) is 6.92 Å². The van der Waals surface area contributed by atoms with Crippen molar-refractivity contribution in [3.05, 3.63) is 0 Å². The Balaban J connectivity index is 3.99. The highest BCUT2D eigenvalue weighted by Gasteiger charge is 2.21. The van der Waals surface area contributed by atoms with Crippen molar-refractivity contribution in [3.8, 4) is 0 Å².